The molecule has 1 aliphatic heterocycles. The Labute approximate surface area is 90.5 Å². The zero-order valence-corrected chi connectivity index (χ0v) is 8.17. The lowest BCUT2D eigenvalue weighted by Gasteiger charge is -2.12. The van der Waals surface area contributed by atoms with Gasteiger partial charge in [-0.3, -0.25) is 14.5 Å². The summed E-state index contributed by atoms with van der Waals surface area (Å²) in [6.07, 6.45) is 1.09. The second kappa shape index (κ2) is 3.58. The summed E-state index contributed by atoms with van der Waals surface area (Å²) >= 11 is 0. The standard InChI is InChI=1S/C9H7N5O2/c10-2-5-3-12-9(13-8(5)11)14-4-6(15)1-7(14)16/h3H,1,4H2,(H2,11,12,13). The van der Waals surface area contributed by atoms with E-state index in [0.29, 0.717) is 0 Å². The Bertz CT molecular complexity index is 519. The molecular formula is C9H7N5O2. The third kappa shape index (κ3) is 1.56. The van der Waals surface area contributed by atoms with Crippen LogP contribution in [0.2, 0.25) is 0 Å². The minimum atomic E-state index is -0.353. The van der Waals surface area contributed by atoms with Crippen molar-refractivity contribution < 1.29 is 9.59 Å². The van der Waals surface area contributed by atoms with E-state index in [2.05, 4.69) is 9.97 Å². The van der Waals surface area contributed by atoms with Gasteiger partial charge in [0.25, 0.3) is 0 Å². The number of nitrogen functional groups attached to an aromatic ring is 1. The van der Waals surface area contributed by atoms with Crippen LogP contribution in [-0.4, -0.2) is 28.2 Å². The van der Waals surface area contributed by atoms with Gasteiger partial charge >= 0.3 is 0 Å². The van der Waals surface area contributed by atoms with Gasteiger partial charge in [0, 0.05) is 0 Å². The fraction of sp³-hybridized carbons (Fsp3) is 0.222. The van der Waals surface area contributed by atoms with Gasteiger partial charge < -0.3 is 5.73 Å². The van der Waals surface area contributed by atoms with Crippen molar-refractivity contribution in [3.05, 3.63) is 11.8 Å². The SMILES string of the molecule is N#Cc1cnc(N2CC(=O)CC2=O)nc1N. The van der Waals surface area contributed by atoms with Crippen LogP contribution in [0.4, 0.5) is 11.8 Å². The van der Waals surface area contributed by atoms with Crippen molar-refractivity contribution in [2.75, 3.05) is 17.2 Å². The highest BCUT2D eigenvalue weighted by molar-refractivity contribution is 6.14. The van der Waals surface area contributed by atoms with E-state index in [1.807, 2.05) is 6.07 Å². The van der Waals surface area contributed by atoms with Crippen LogP contribution in [-0.2, 0) is 9.59 Å². The van der Waals surface area contributed by atoms with Crippen LogP contribution >= 0.6 is 0 Å². The summed E-state index contributed by atoms with van der Waals surface area (Å²) in [5, 5.41) is 8.62. The third-order valence-electron chi connectivity index (χ3n) is 2.15. The first-order valence-corrected chi connectivity index (χ1v) is 4.46. The Morgan fingerprint density at radius 2 is 2.25 bits per heavy atom. The number of nitriles is 1. The Morgan fingerprint density at radius 1 is 1.50 bits per heavy atom. The molecule has 7 nitrogen and oxygen atoms in total. The maximum atomic E-state index is 11.4. The molecule has 1 aromatic heterocycles. The largest absolute Gasteiger partial charge is 0.382 e. The first-order chi connectivity index (χ1) is 7.61. The molecule has 0 bridgehead atoms. The molecule has 1 saturated heterocycles. The average Bonchev–Trinajstić information content (AvgIpc) is 2.58. The fourth-order valence-corrected chi connectivity index (χ4v) is 1.37. The molecule has 0 spiro atoms. The lowest BCUT2D eigenvalue weighted by atomic mass is 10.3. The highest BCUT2D eigenvalue weighted by Gasteiger charge is 2.30. The summed E-state index contributed by atoms with van der Waals surface area (Å²) < 4.78 is 0. The highest BCUT2D eigenvalue weighted by atomic mass is 16.2. The van der Waals surface area contributed by atoms with Crippen molar-refractivity contribution in [2.24, 2.45) is 0 Å². The molecule has 1 aromatic rings. The molecule has 0 aliphatic carbocycles. The molecule has 2 heterocycles. The Balaban J connectivity index is 2.36. The smallest absolute Gasteiger partial charge is 0.237 e. The molecule has 1 fully saturated rings. The first kappa shape index (κ1) is 10.0. The van der Waals surface area contributed by atoms with Crippen molar-refractivity contribution in [3.63, 3.8) is 0 Å². The highest BCUT2D eigenvalue weighted by Crippen LogP contribution is 2.17. The van der Waals surface area contributed by atoms with Crippen LogP contribution in [0.1, 0.15) is 12.0 Å². The molecule has 0 aromatic carbocycles. The van der Waals surface area contributed by atoms with E-state index in [0.717, 1.165) is 4.90 Å². The maximum absolute atomic E-state index is 11.4. The topological polar surface area (TPSA) is 113 Å². The summed E-state index contributed by atoms with van der Waals surface area (Å²) in [6.45, 7) is -0.0375. The van der Waals surface area contributed by atoms with Gasteiger partial charge in [0.05, 0.1) is 19.2 Å². The van der Waals surface area contributed by atoms with Gasteiger partial charge in [0.15, 0.2) is 5.78 Å². The molecule has 2 rings (SSSR count). The van der Waals surface area contributed by atoms with Crippen molar-refractivity contribution in [1.29, 1.82) is 5.26 Å². The Hall–Kier alpha value is -2.49. The van der Waals surface area contributed by atoms with E-state index in [9.17, 15) is 9.59 Å². The van der Waals surface area contributed by atoms with E-state index in [1.165, 1.54) is 6.20 Å². The molecule has 16 heavy (non-hydrogen) atoms. The second-order valence-corrected chi connectivity index (χ2v) is 3.28. The molecule has 1 aliphatic rings. The van der Waals surface area contributed by atoms with Crippen LogP contribution in [0.5, 0.6) is 0 Å². The monoisotopic (exact) mass is 217 g/mol. The minimum absolute atomic E-state index is 0.000325. The van der Waals surface area contributed by atoms with Crippen LogP contribution in [0.25, 0.3) is 0 Å². The predicted octanol–water partition coefficient (Wildman–Crippen LogP) is -0.764. The van der Waals surface area contributed by atoms with Crippen LogP contribution in [0.3, 0.4) is 0 Å². The van der Waals surface area contributed by atoms with Gasteiger partial charge in [0.1, 0.15) is 17.5 Å². The maximum Gasteiger partial charge on any atom is 0.237 e. The average molecular weight is 217 g/mol. The van der Waals surface area contributed by atoms with Gasteiger partial charge in [-0.25, -0.2) is 4.98 Å². The molecule has 0 atom stereocenters. The first-order valence-electron chi connectivity index (χ1n) is 4.46. The normalized spacial score (nSPS) is 15.3. The van der Waals surface area contributed by atoms with Crippen molar-refractivity contribution in [1.82, 2.24) is 9.97 Å². The molecular weight excluding hydrogens is 210 g/mol. The van der Waals surface area contributed by atoms with E-state index in [-0.39, 0.29) is 42.0 Å². The number of anilines is 2. The summed E-state index contributed by atoms with van der Waals surface area (Å²) in [5.74, 6) is -0.474. The van der Waals surface area contributed by atoms with Gasteiger partial charge in [-0.2, -0.15) is 10.2 Å². The number of ketones is 1. The predicted molar refractivity (Wildman–Crippen MR) is 53.1 cm³/mol. The molecule has 7 heteroatoms. The number of nitrogens with zero attached hydrogens (tertiary/aromatic N) is 4. The number of carbonyl (C=O) groups excluding carboxylic acids is 2. The van der Waals surface area contributed by atoms with Crippen LogP contribution < -0.4 is 10.6 Å². The number of aromatic nitrogens is 2. The molecule has 0 unspecified atom stereocenters. The van der Waals surface area contributed by atoms with Crippen LogP contribution in [0, 0.1) is 11.3 Å². The number of amides is 1. The molecule has 0 saturated carbocycles. The zero-order chi connectivity index (χ0) is 11.7. The lowest BCUT2D eigenvalue weighted by Crippen LogP contribution is -2.27. The van der Waals surface area contributed by atoms with E-state index in [1.54, 1.807) is 0 Å². The minimum Gasteiger partial charge on any atom is -0.382 e. The number of Topliss-reactive ketones (excluding diaryl/α,β-unsaturated/α-hetero) is 1. The summed E-state index contributed by atoms with van der Waals surface area (Å²) in [6, 6.07) is 1.81. The van der Waals surface area contributed by atoms with Crippen LogP contribution in [0.15, 0.2) is 6.20 Å². The number of hydrogen-bond acceptors (Lipinski definition) is 6. The molecule has 0 radical (unpaired) electrons. The van der Waals surface area contributed by atoms with Gasteiger partial charge in [-0.15, -0.1) is 0 Å². The summed E-state index contributed by atoms with van der Waals surface area (Å²) in [7, 11) is 0. The van der Waals surface area contributed by atoms with Crippen molar-refractivity contribution in [2.45, 2.75) is 6.42 Å². The number of nitrogens with two attached hydrogens (primary N) is 1. The zero-order valence-electron chi connectivity index (χ0n) is 8.17. The lowest BCUT2D eigenvalue weighted by molar-refractivity contribution is -0.121. The van der Waals surface area contributed by atoms with Crippen molar-refractivity contribution >= 4 is 23.5 Å². The van der Waals surface area contributed by atoms with E-state index in [4.69, 9.17) is 11.0 Å². The second-order valence-electron chi connectivity index (χ2n) is 3.28. The third-order valence-corrected chi connectivity index (χ3v) is 2.15. The van der Waals surface area contributed by atoms with Crippen molar-refractivity contribution in [3.8, 4) is 6.07 Å². The summed E-state index contributed by atoms with van der Waals surface area (Å²) in [4.78, 5) is 31.2. The Kier molecular flexibility index (Phi) is 2.25. The van der Waals surface area contributed by atoms with Gasteiger partial charge in [-0.05, 0) is 0 Å². The van der Waals surface area contributed by atoms with E-state index < -0.39 is 0 Å². The number of carbonyl (C=O) groups is 2. The van der Waals surface area contributed by atoms with E-state index >= 15 is 0 Å². The quantitative estimate of drug-likeness (QED) is 0.618. The number of rotatable bonds is 1. The van der Waals surface area contributed by atoms with Gasteiger partial charge in [0.2, 0.25) is 11.9 Å². The number of hydrogen-bond donors (Lipinski definition) is 1. The fourth-order valence-electron chi connectivity index (χ4n) is 1.37. The van der Waals surface area contributed by atoms with Gasteiger partial charge in [-0.1, -0.05) is 0 Å². The molecule has 1 amide bonds. The molecule has 80 valence electrons. The molecule has 2 N–H and O–H groups in total. The summed E-state index contributed by atoms with van der Waals surface area (Å²) in [5.41, 5.74) is 5.62. The Morgan fingerprint density at radius 3 is 2.75 bits per heavy atom.